The number of hydrogen-bond donors (Lipinski definition) is 2. The highest BCUT2D eigenvalue weighted by atomic mass is 35.5. The lowest BCUT2D eigenvalue weighted by molar-refractivity contribution is 0.106. The minimum atomic E-state index is -0.294. The molecule has 2 atom stereocenters. The Morgan fingerprint density at radius 1 is 1.03 bits per heavy atom. The molecule has 0 aromatic heterocycles. The maximum atomic E-state index is 12.8. The molecule has 0 saturated carbocycles. The summed E-state index contributed by atoms with van der Waals surface area (Å²) in [6, 6.07) is 11.4. The predicted molar refractivity (Wildman–Crippen MR) is 136 cm³/mol. The number of methoxy groups -OCH3 is 3. The zero-order valence-corrected chi connectivity index (χ0v) is 21.3. The van der Waals surface area contributed by atoms with Crippen LogP contribution < -0.4 is 24.8 Å². The van der Waals surface area contributed by atoms with E-state index in [0.29, 0.717) is 42.1 Å². The summed E-state index contributed by atoms with van der Waals surface area (Å²) in [6.45, 7) is 3.12. The Kier molecular flexibility index (Phi) is 8.59. The molecule has 0 radical (unpaired) electrons. The molecule has 4 rings (SSSR count). The first-order chi connectivity index (χ1) is 17.0. The number of likely N-dealkylation sites (tertiary alicyclic amines) is 1. The Labute approximate surface area is 211 Å². The molecule has 2 amide bonds. The van der Waals surface area contributed by atoms with Gasteiger partial charge in [-0.25, -0.2) is 4.79 Å². The van der Waals surface area contributed by atoms with E-state index in [1.165, 1.54) is 5.56 Å². The number of anilines is 1. The number of hydrogen-bond acceptors (Lipinski definition) is 6. The number of benzene rings is 2. The summed E-state index contributed by atoms with van der Waals surface area (Å²) in [4.78, 5) is 15.3. The molecule has 0 aliphatic carbocycles. The highest BCUT2D eigenvalue weighted by Crippen LogP contribution is 2.40. The van der Waals surface area contributed by atoms with E-state index in [9.17, 15) is 4.79 Å². The van der Waals surface area contributed by atoms with Crippen LogP contribution in [0, 0.1) is 5.92 Å². The van der Waals surface area contributed by atoms with E-state index in [-0.39, 0.29) is 18.1 Å². The van der Waals surface area contributed by atoms with Crippen LogP contribution in [0.3, 0.4) is 0 Å². The summed E-state index contributed by atoms with van der Waals surface area (Å²) in [6.07, 6.45) is 3.33. The summed E-state index contributed by atoms with van der Waals surface area (Å²) in [7, 11) is 4.63. The average Bonchev–Trinajstić information content (AvgIpc) is 3.33. The molecule has 9 heteroatoms. The number of nitrogens with one attached hydrogen (secondary N) is 2. The molecule has 0 unspecified atom stereocenters. The first kappa shape index (κ1) is 25.4. The highest BCUT2D eigenvalue weighted by molar-refractivity contribution is 6.30. The third-order valence-corrected chi connectivity index (χ3v) is 7.10. The molecule has 2 aromatic carbocycles. The second-order valence-electron chi connectivity index (χ2n) is 9.03. The Morgan fingerprint density at radius 2 is 1.69 bits per heavy atom. The van der Waals surface area contributed by atoms with Crippen LogP contribution in [0.4, 0.5) is 10.5 Å². The van der Waals surface area contributed by atoms with Gasteiger partial charge in [0, 0.05) is 17.2 Å². The van der Waals surface area contributed by atoms with Crippen LogP contribution in [0.5, 0.6) is 17.2 Å². The number of nitrogens with zero attached hydrogens (tertiary/aromatic N) is 1. The Hall–Kier alpha value is -2.68. The monoisotopic (exact) mass is 503 g/mol. The van der Waals surface area contributed by atoms with Crippen molar-refractivity contribution in [1.82, 2.24) is 10.2 Å². The normalized spacial score (nSPS) is 20.9. The molecule has 0 spiro atoms. The summed E-state index contributed by atoms with van der Waals surface area (Å²) in [5.41, 5.74) is 1.88. The Bertz CT molecular complexity index is 970. The van der Waals surface area contributed by atoms with Crippen molar-refractivity contribution >= 4 is 23.3 Å². The van der Waals surface area contributed by atoms with Gasteiger partial charge in [-0.05, 0) is 56.0 Å². The van der Waals surface area contributed by atoms with Gasteiger partial charge in [0.25, 0.3) is 0 Å². The van der Waals surface area contributed by atoms with E-state index in [1.54, 1.807) is 33.5 Å². The molecule has 190 valence electrons. The number of carbonyl (C=O) groups is 1. The fraction of sp³-hybridized carbons (Fsp3) is 0.500. The van der Waals surface area contributed by atoms with E-state index in [4.69, 9.17) is 30.5 Å². The van der Waals surface area contributed by atoms with Crippen molar-refractivity contribution in [2.24, 2.45) is 5.92 Å². The summed E-state index contributed by atoms with van der Waals surface area (Å²) < 4.78 is 21.9. The van der Waals surface area contributed by atoms with E-state index in [1.807, 2.05) is 12.1 Å². The van der Waals surface area contributed by atoms with Crippen molar-refractivity contribution in [2.75, 3.05) is 52.9 Å². The number of rotatable bonds is 8. The van der Waals surface area contributed by atoms with Crippen molar-refractivity contribution in [1.29, 1.82) is 0 Å². The molecule has 2 aliphatic heterocycles. The lowest BCUT2D eigenvalue weighted by Gasteiger charge is -2.37. The molecular formula is C26H34ClN3O5. The van der Waals surface area contributed by atoms with Gasteiger partial charge >= 0.3 is 6.03 Å². The van der Waals surface area contributed by atoms with Gasteiger partial charge in [-0.2, -0.15) is 0 Å². The summed E-state index contributed by atoms with van der Waals surface area (Å²) >= 11 is 6.01. The molecule has 2 heterocycles. The molecule has 2 aliphatic rings. The van der Waals surface area contributed by atoms with Gasteiger partial charge in [-0.3, -0.25) is 4.90 Å². The van der Waals surface area contributed by atoms with Gasteiger partial charge in [-0.15, -0.1) is 0 Å². The van der Waals surface area contributed by atoms with Gasteiger partial charge < -0.3 is 29.6 Å². The average molecular weight is 504 g/mol. The van der Waals surface area contributed by atoms with Crippen LogP contribution >= 0.6 is 11.6 Å². The highest BCUT2D eigenvalue weighted by Gasteiger charge is 2.36. The Morgan fingerprint density at radius 3 is 2.29 bits per heavy atom. The molecule has 2 aromatic rings. The molecule has 35 heavy (non-hydrogen) atoms. The van der Waals surface area contributed by atoms with Crippen LogP contribution in [0.1, 0.15) is 18.4 Å². The second-order valence-corrected chi connectivity index (χ2v) is 9.47. The predicted octanol–water partition coefficient (Wildman–Crippen LogP) is 4.21. The van der Waals surface area contributed by atoms with Crippen LogP contribution in [-0.2, 0) is 11.2 Å². The van der Waals surface area contributed by atoms with Crippen LogP contribution in [0.25, 0.3) is 0 Å². The first-order valence-corrected chi connectivity index (χ1v) is 12.3. The molecule has 2 fully saturated rings. The van der Waals surface area contributed by atoms with Crippen LogP contribution in [-0.4, -0.2) is 70.6 Å². The summed E-state index contributed by atoms with van der Waals surface area (Å²) in [5, 5.41) is 6.75. The molecule has 2 N–H and O–H groups in total. The van der Waals surface area contributed by atoms with Gasteiger partial charge in [-0.1, -0.05) is 23.7 Å². The van der Waals surface area contributed by atoms with Gasteiger partial charge in [0.05, 0.1) is 52.3 Å². The SMILES string of the molecule is COc1cc(NC(=O)N[C@@H]2COC[C@H]2N2CCC(Cc3ccc(Cl)cc3)CC2)cc(OC)c1OC. The quantitative estimate of drug-likeness (QED) is 0.561. The first-order valence-electron chi connectivity index (χ1n) is 11.9. The number of halogens is 1. The largest absolute Gasteiger partial charge is 0.493 e. The third-order valence-electron chi connectivity index (χ3n) is 6.85. The minimum Gasteiger partial charge on any atom is -0.493 e. The zero-order valence-electron chi connectivity index (χ0n) is 20.5. The number of piperidine rings is 1. The smallest absolute Gasteiger partial charge is 0.319 e. The lowest BCUT2D eigenvalue weighted by Crippen LogP contribution is -2.54. The molecular weight excluding hydrogens is 470 g/mol. The van der Waals surface area contributed by atoms with Crippen molar-refractivity contribution < 1.29 is 23.7 Å². The van der Waals surface area contributed by atoms with Crippen molar-refractivity contribution in [3.63, 3.8) is 0 Å². The topological polar surface area (TPSA) is 81.3 Å². The van der Waals surface area contributed by atoms with Crippen molar-refractivity contribution in [3.05, 3.63) is 47.0 Å². The maximum absolute atomic E-state index is 12.8. The maximum Gasteiger partial charge on any atom is 0.319 e. The lowest BCUT2D eigenvalue weighted by atomic mass is 9.89. The van der Waals surface area contributed by atoms with E-state index in [0.717, 1.165) is 37.4 Å². The van der Waals surface area contributed by atoms with E-state index in [2.05, 4.69) is 27.7 Å². The molecule has 8 nitrogen and oxygen atoms in total. The van der Waals surface area contributed by atoms with Gasteiger partial charge in [0.1, 0.15) is 0 Å². The zero-order chi connectivity index (χ0) is 24.8. The fourth-order valence-electron chi connectivity index (χ4n) is 4.97. The summed E-state index contributed by atoms with van der Waals surface area (Å²) in [5.74, 6) is 2.09. The molecule has 0 bridgehead atoms. The van der Waals surface area contributed by atoms with Crippen LogP contribution in [0.2, 0.25) is 5.02 Å². The Balaban J connectivity index is 1.31. The fourth-order valence-corrected chi connectivity index (χ4v) is 5.10. The van der Waals surface area contributed by atoms with Gasteiger partial charge in [0.15, 0.2) is 11.5 Å². The number of amides is 2. The number of urea groups is 1. The number of carbonyl (C=O) groups excluding carboxylic acids is 1. The van der Waals surface area contributed by atoms with E-state index >= 15 is 0 Å². The van der Waals surface area contributed by atoms with Crippen molar-refractivity contribution in [3.8, 4) is 17.2 Å². The van der Waals surface area contributed by atoms with Crippen LogP contribution in [0.15, 0.2) is 36.4 Å². The second kappa shape index (κ2) is 11.8. The standard InChI is InChI=1S/C26H34ClN3O5/c1-32-23-13-20(14-24(33-2)25(23)34-3)28-26(31)29-21-15-35-16-22(21)30-10-8-18(9-11-30)12-17-4-6-19(27)7-5-17/h4-7,13-14,18,21-22H,8-12,15-16H2,1-3H3,(H2,28,29,31)/t21-,22-/m1/s1. The minimum absolute atomic E-state index is 0.0788. The van der Waals surface area contributed by atoms with Gasteiger partial charge in [0.2, 0.25) is 5.75 Å². The third kappa shape index (κ3) is 6.31. The number of ether oxygens (including phenoxy) is 4. The van der Waals surface area contributed by atoms with Crippen molar-refractivity contribution in [2.45, 2.75) is 31.3 Å². The van der Waals surface area contributed by atoms with E-state index < -0.39 is 0 Å². The molecule has 2 saturated heterocycles.